The van der Waals surface area contributed by atoms with E-state index in [0.717, 1.165) is 0 Å². The number of rotatable bonds is 4. The van der Waals surface area contributed by atoms with Gasteiger partial charge in [-0.25, -0.2) is 4.79 Å². The van der Waals surface area contributed by atoms with Gasteiger partial charge in [-0.15, -0.1) is 0 Å². The first-order valence-corrected chi connectivity index (χ1v) is 5.43. The number of carbonyl (C=O) groups is 2. The van der Waals surface area contributed by atoms with Gasteiger partial charge in [-0.05, 0) is 13.3 Å². The van der Waals surface area contributed by atoms with Crippen LogP contribution in [0.4, 0.5) is 0 Å². The van der Waals surface area contributed by atoms with Crippen LogP contribution in [0.25, 0.3) is 0 Å². The fourth-order valence-electron chi connectivity index (χ4n) is 2.27. The summed E-state index contributed by atoms with van der Waals surface area (Å²) in [4.78, 5) is 22.5. The number of carboxylic acids is 2. The van der Waals surface area contributed by atoms with Crippen LogP contribution < -0.4 is 5.73 Å². The Kier molecular flexibility index (Phi) is 3.72. The van der Waals surface area contributed by atoms with Gasteiger partial charge in [0.2, 0.25) is 0 Å². The fraction of sp³-hybridized carbons (Fsp3) is 0.500. The SMILES string of the molecule is CC(N)CC1(C(=O)O)C=CC=C(C(=O)O)C1C. The van der Waals surface area contributed by atoms with Gasteiger partial charge in [-0.2, -0.15) is 0 Å². The predicted octanol–water partition coefficient (Wildman–Crippen LogP) is 1.01. The summed E-state index contributed by atoms with van der Waals surface area (Å²) >= 11 is 0. The Hall–Kier alpha value is -1.62. The van der Waals surface area contributed by atoms with E-state index in [0.29, 0.717) is 0 Å². The van der Waals surface area contributed by atoms with Crippen LogP contribution in [0, 0.1) is 11.3 Å². The first kappa shape index (κ1) is 13.4. The number of hydrogen-bond donors (Lipinski definition) is 3. The van der Waals surface area contributed by atoms with Crippen molar-refractivity contribution in [2.24, 2.45) is 17.1 Å². The fourth-order valence-corrected chi connectivity index (χ4v) is 2.27. The van der Waals surface area contributed by atoms with Gasteiger partial charge in [0.15, 0.2) is 0 Å². The van der Waals surface area contributed by atoms with Gasteiger partial charge in [0.05, 0.1) is 5.41 Å². The molecule has 3 atom stereocenters. The highest BCUT2D eigenvalue weighted by atomic mass is 16.4. The quantitative estimate of drug-likeness (QED) is 0.679. The van der Waals surface area contributed by atoms with E-state index in [9.17, 15) is 14.7 Å². The molecule has 0 fully saturated rings. The Balaban J connectivity index is 3.18. The van der Waals surface area contributed by atoms with Gasteiger partial charge in [0, 0.05) is 17.5 Å². The molecule has 0 spiro atoms. The minimum atomic E-state index is -1.23. The molecule has 4 N–H and O–H groups in total. The first-order chi connectivity index (χ1) is 7.81. The van der Waals surface area contributed by atoms with Crippen molar-refractivity contribution in [2.45, 2.75) is 26.3 Å². The summed E-state index contributed by atoms with van der Waals surface area (Å²) in [5.41, 5.74) is 4.55. The van der Waals surface area contributed by atoms with Crippen molar-refractivity contribution < 1.29 is 19.8 Å². The number of nitrogens with two attached hydrogens (primary N) is 1. The highest BCUT2D eigenvalue weighted by molar-refractivity contribution is 5.91. The zero-order chi connectivity index (χ0) is 13.2. The van der Waals surface area contributed by atoms with Crippen LogP contribution in [-0.4, -0.2) is 28.2 Å². The van der Waals surface area contributed by atoms with Crippen LogP contribution in [0.1, 0.15) is 20.3 Å². The second kappa shape index (κ2) is 4.71. The van der Waals surface area contributed by atoms with Gasteiger partial charge in [-0.3, -0.25) is 4.79 Å². The molecule has 0 saturated carbocycles. The zero-order valence-electron chi connectivity index (χ0n) is 9.88. The van der Waals surface area contributed by atoms with Gasteiger partial charge < -0.3 is 15.9 Å². The summed E-state index contributed by atoms with van der Waals surface area (Å²) in [5.74, 6) is -2.73. The van der Waals surface area contributed by atoms with Gasteiger partial charge in [-0.1, -0.05) is 25.2 Å². The van der Waals surface area contributed by atoms with Gasteiger partial charge in [0.1, 0.15) is 0 Å². The maximum Gasteiger partial charge on any atom is 0.331 e. The molecule has 0 aromatic rings. The smallest absolute Gasteiger partial charge is 0.331 e. The molecule has 17 heavy (non-hydrogen) atoms. The molecule has 5 heteroatoms. The number of hydrogen-bond acceptors (Lipinski definition) is 3. The average Bonchev–Trinajstić information content (AvgIpc) is 2.19. The highest BCUT2D eigenvalue weighted by Gasteiger charge is 2.46. The lowest BCUT2D eigenvalue weighted by molar-refractivity contribution is -0.149. The lowest BCUT2D eigenvalue weighted by Crippen LogP contribution is -2.43. The summed E-state index contributed by atoms with van der Waals surface area (Å²) in [6.07, 6.45) is 4.68. The van der Waals surface area contributed by atoms with Crippen molar-refractivity contribution in [2.75, 3.05) is 0 Å². The third kappa shape index (κ3) is 2.39. The Morgan fingerprint density at radius 3 is 2.53 bits per heavy atom. The van der Waals surface area contributed by atoms with E-state index < -0.39 is 23.3 Å². The summed E-state index contributed by atoms with van der Waals surface area (Å²) in [5, 5.41) is 18.4. The summed E-state index contributed by atoms with van der Waals surface area (Å²) in [7, 11) is 0. The monoisotopic (exact) mass is 239 g/mol. The number of carboxylic acid groups (broad SMARTS) is 2. The summed E-state index contributed by atoms with van der Waals surface area (Å²) in [6.45, 7) is 3.32. The molecule has 1 aliphatic rings. The maximum absolute atomic E-state index is 11.5. The minimum Gasteiger partial charge on any atom is -0.481 e. The van der Waals surface area contributed by atoms with Crippen LogP contribution >= 0.6 is 0 Å². The summed E-state index contributed by atoms with van der Waals surface area (Å²) < 4.78 is 0. The molecule has 0 amide bonds. The molecule has 94 valence electrons. The Morgan fingerprint density at radius 2 is 2.12 bits per heavy atom. The van der Waals surface area contributed by atoms with E-state index in [1.807, 2.05) is 0 Å². The van der Waals surface area contributed by atoms with Crippen LogP contribution in [0.5, 0.6) is 0 Å². The van der Waals surface area contributed by atoms with Crippen molar-refractivity contribution in [3.05, 3.63) is 23.8 Å². The van der Waals surface area contributed by atoms with Crippen molar-refractivity contribution >= 4 is 11.9 Å². The minimum absolute atomic E-state index is 0.107. The number of aliphatic carboxylic acids is 2. The van der Waals surface area contributed by atoms with Crippen molar-refractivity contribution in [3.63, 3.8) is 0 Å². The summed E-state index contributed by atoms with van der Waals surface area (Å²) in [6, 6.07) is -0.314. The van der Waals surface area contributed by atoms with E-state index in [2.05, 4.69) is 0 Å². The van der Waals surface area contributed by atoms with Crippen molar-refractivity contribution in [1.82, 2.24) is 0 Å². The van der Waals surface area contributed by atoms with Crippen molar-refractivity contribution in [3.8, 4) is 0 Å². The second-order valence-corrected chi connectivity index (χ2v) is 4.53. The topological polar surface area (TPSA) is 101 Å². The first-order valence-electron chi connectivity index (χ1n) is 5.43. The molecule has 0 aliphatic heterocycles. The van der Waals surface area contributed by atoms with E-state index in [4.69, 9.17) is 10.8 Å². The van der Waals surface area contributed by atoms with E-state index in [1.54, 1.807) is 13.8 Å². The maximum atomic E-state index is 11.5. The lowest BCUT2D eigenvalue weighted by atomic mass is 9.67. The molecule has 3 unspecified atom stereocenters. The molecular formula is C12H17NO4. The third-order valence-corrected chi connectivity index (χ3v) is 3.21. The Morgan fingerprint density at radius 1 is 1.53 bits per heavy atom. The zero-order valence-corrected chi connectivity index (χ0v) is 9.88. The normalized spacial score (nSPS) is 29.6. The standard InChI is InChI=1S/C12H17NO4/c1-7(13)6-12(11(16)17)5-3-4-9(8(12)2)10(14)15/h3-5,7-8H,6,13H2,1-2H3,(H,14,15)(H,16,17). The van der Waals surface area contributed by atoms with Crippen molar-refractivity contribution in [1.29, 1.82) is 0 Å². The van der Waals surface area contributed by atoms with Crippen LogP contribution in [0.2, 0.25) is 0 Å². The lowest BCUT2D eigenvalue weighted by Gasteiger charge is -2.36. The molecule has 0 saturated heterocycles. The van der Waals surface area contributed by atoms with Gasteiger partial charge >= 0.3 is 11.9 Å². The average molecular weight is 239 g/mol. The molecule has 1 aliphatic carbocycles. The van der Waals surface area contributed by atoms with E-state index in [1.165, 1.54) is 18.2 Å². The Bertz CT molecular complexity index is 397. The van der Waals surface area contributed by atoms with Gasteiger partial charge in [0.25, 0.3) is 0 Å². The highest BCUT2D eigenvalue weighted by Crippen LogP contribution is 2.41. The Labute approximate surface area is 99.6 Å². The van der Waals surface area contributed by atoms with Crippen LogP contribution in [0.3, 0.4) is 0 Å². The largest absolute Gasteiger partial charge is 0.481 e. The molecule has 0 bridgehead atoms. The number of allylic oxidation sites excluding steroid dienone is 2. The molecule has 0 radical (unpaired) electrons. The molecular weight excluding hydrogens is 222 g/mol. The van der Waals surface area contributed by atoms with E-state index >= 15 is 0 Å². The van der Waals surface area contributed by atoms with Crippen LogP contribution in [0.15, 0.2) is 23.8 Å². The second-order valence-electron chi connectivity index (χ2n) is 4.53. The van der Waals surface area contributed by atoms with E-state index in [-0.39, 0.29) is 18.0 Å². The van der Waals surface area contributed by atoms with Crippen LogP contribution in [-0.2, 0) is 9.59 Å². The molecule has 0 heterocycles. The molecule has 5 nitrogen and oxygen atoms in total. The third-order valence-electron chi connectivity index (χ3n) is 3.21. The molecule has 1 rings (SSSR count). The predicted molar refractivity (Wildman–Crippen MR) is 62.4 cm³/mol. The molecule has 0 aromatic carbocycles. The molecule has 0 aromatic heterocycles.